The van der Waals surface area contributed by atoms with Gasteiger partial charge >= 0.3 is 0 Å². The Morgan fingerprint density at radius 3 is 2.11 bits per heavy atom. The summed E-state index contributed by atoms with van der Waals surface area (Å²) in [6.07, 6.45) is 4.21. The summed E-state index contributed by atoms with van der Waals surface area (Å²) in [5.74, 6) is 0.695. The molecule has 2 heteroatoms. The minimum atomic E-state index is -0.0966. The number of rotatable bonds is 3. The molecule has 0 saturated heterocycles. The number of aliphatic hydroxyl groups excluding tert-OH is 1. The van der Waals surface area contributed by atoms with Crippen molar-refractivity contribution in [3.05, 3.63) is 0 Å². The summed E-state index contributed by atoms with van der Waals surface area (Å²) in [4.78, 5) is 2.50. The highest BCUT2D eigenvalue weighted by molar-refractivity contribution is 4.91. The van der Waals surface area contributed by atoms with Crippen LogP contribution in [0.25, 0.3) is 0 Å². The number of hydrogen-bond donors (Lipinski definition) is 1. The van der Waals surface area contributed by atoms with Crippen LogP contribution in [0.5, 0.6) is 0 Å². The smallest absolute Gasteiger partial charge is 0.0555 e. The highest BCUT2D eigenvalue weighted by Crippen LogP contribution is 2.40. The van der Waals surface area contributed by atoms with Gasteiger partial charge in [0.2, 0.25) is 0 Å². The van der Waals surface area contributed by atoms with E-state index in [1.54, 1.807) is 0 Å². The van der Waals surface area contributed by atoms with E-state index in [4.69, 9.17) is 0 Å². The molecule has 114 valence electrons. The Bertz CT molecular complexity index is 274. The zero-order valence-electron chi connectivity index (χ0n) is 14.2. The van der Waals surface area contributed by atoms with Crippen LogP contribution in [-0.4, -0.2) is 35.7 Å². The fourth-order valence-corrected chi connectivity index (χ4v) is 3.30. The van der Waals surface area contributed by atoms with Gasteiger partial charge in [-0.2, -0.15) is 0 Å². The molecule has 0 aliphatic heterocycles. The van der Waals surface area contributed by atoms with Gasteiger partial charge in [0.25, 0.3) is 0 Å². The Hall–Kier alpha value is -0.0800. The first-order valence-corrected chi connectivity index (χ1v) is 7.89. The van der Waals surface area contributed by atoms with Gasteiger partial charge in [0, 0.05) is 6.04 Å². The summed E-state index contributed by atoms with van der Waals surface area (Å²) in [5.41, 5.74) is 0.722. The Balaban J connectivity index is 2.68. The first-order valence-electron chi connectivity index (χ1n) is 7.89. The van der Waals surface area contributed by atoms with Crippen LogP contribution >= 0.6 is 0 Å². The van der Waals surface area contributed by atoms with Crippen molar-refractivity contribution in [1.82, 2.24) is 4.90 Å². The number of hydrogen-bond acceptors (Lipinski definition) is 2. The molecule has 0 amide bonds. The largest absolute Gasteiger partial charge is 0.393 e. The second-order valence-electron chi connectivity index (χ2n) is 8.80. The predicted octanol–water partition coefficient (Wildman–Crippen LogP) is 3.93. The van der Waals surface area contributed by atoms with Crippen molar-refractivity contribution in [2.24, 2.45) is 16.7 Å². The SMILES string of the molecule is CN(CCC(C)(C)C)C1CC(O)CCC1C(C)(C)C. The van der Waals surface area contributed by atoms with Gasteiger partial charge in [-0.15, -0.1) is 0 Å². The molecule has 0 aromatic rings. The Labute approximate surface area is 120 Å². The summed E-state index contributed by atoms with van der Waals surface area (Å²) in [6.45, 7) is 15.1. The second kappa shape index (κ2) is 6.13. The minimum absolute atomic E-state index is 0.0966. The minimum Gasteiger partial charge on any atom is -0.393 e. The van der Waals surface area contributed by atoms with Gasteiger partial charge in [-0.25, -0.2) is 0 Å². The van der Waals surface area contributed by atoms with E-state index in [9.17, 15) is 5.11 Å². The maximum atomic E-state index is 10.0. The van der Waals surface area contributed by atoms with Crippen LogP contribution in [0.2, 0.25) is 0 Å². The zero-order chi connectivity index (χ0) is 14.8. The van der Waals surface area contributed by atoms with Crippen molar-refractivity contribution in [3.8, 4) is 0 Å². The van der Waals surface area contributed by atoms with Gasteiger partial charge in [0.1, 0.15) is 0 Å². The predicted molar refractivity (Wildman–Crippen MR) is 83.3 cm³/mol. The lowest BCUT2D eigenvalue weighted by atomic mass is 9.68. The summed E-state index contributed by atoms with van der Waals surface area (Å²) in [6, 6.07) is 0.533. The third kappa shape index (κ3) is 5.43. The van der Waals surface area contributed by atoms with Crippen LogP contribution in [0.15, 0.2) is 0 Å². The van der Waals surface area contributed by atoms with Crippen molar-refractivity contribution in [2.45, 2.75) is 79.4 Å². The summed E-state index contributed by atoms with van der Waals surface area (Å²) in [5, 5.41) is 10.0. The van der Waals surface area contributed by atoms with E-state index in [1.165, 1.54) is 6.42 Å². The highest BCUT2D eigenvalue weighted by atomic mass is 16.3. The Morgan fingerprint density at radius 1 is 1.05 bits per heavy atom. The lowest BCUT2D eigenvalue weighted by molar-refractivity contribution is -0.00476. The molecule has 3 unspecified atom stereocenters. The molecule has 3 atom stereocenters. The summed E-state index contributed by atoms with van der Waals surface area (Å²) >= 11 is 0. The Morgan fingerprint density at radius 2 is 1.63 bits per heavy atom. The van der Waals surface area contributed by atoms with E-state index in [0.717, 1.165) is 25.8 Å². The first-order chi connectivity index (χ1) is 8.50. The fourth-order valence-electron chi connectivity index (χ4n) is 3.30. The highest BCUT2D eigenvalue weighted by Gasteiger charge is 2.38. The maximum absolute atomic E-state index is 10.0. The molecule has 0 radical (unpaired) electrons. The van der Waals surface area contributed by atoms with Crippen LogP contribution in [-0.2, 0) is 0 Å². The Kier molecular flexibility index (Phi) is 5.48. The quantitative estimate of drug-likeness (QED) is 0.839. The lowest BCUT2D eigenvalue weighted by Crippen LogP contribution is -2.48. The van der Waals surface area contributed by atoms with Crippen LogP contribution in [0.4, 0.5) is 0 Å². The van der Waals surface area contributed by atoms with Gasteiger partial charge in [-0.3, -0.25) is 0 Å². The molecule has 0 aromatic carbocycles. The standard InChI is InChI=1S/C17H35NO/c1-16(2,3)10-11-18(7)15-12-13(19)8-9-14(15)17(4,5)6/h13-15,19H,8-12H2,1-7H3. The normalized spacial score (nSPS) is 29.8. The van der Waals surface area contributed by atoms with Crippen molar-refractivity contribution < 1.29 is 5.11 Å². The van der Waals surface area contributed by atoms with Crippen LogP contribution in [0.3, 0.4) is 0 Å². The van der Waals surface area contributed by atoms with E-state index in [2.05, 4.69) is 53.5 Å². The molecule has 0 aromatic heterocycles. The molecule has 0 bridgehead atoms. The molecule has 2 nitrogen and oxygen atoms in total. The van der Waals surface area contributed by atoms with Crippen LogP contribution < -0.4 is 0 Å². The van der Waals surface area contributed by atoms with E-state index in [-0.39, 0.29) is 6.10 Å². The monoisotopic (exact) mass is 269 g/mol. The van der Waals surface area contributed by atoms with Crippen molar-refractivity contribution in [1.29, 1.82) is 0 Å². The second-order valence-corrected chi connectivity index (χ2v) is 8.80. The van der Waals surface area contributed by atoms with Crippen molar-refractivity contribution in [3.63, 3.8) is 0 Å². The third-order valence-corrected chi connectivity index (χ3v) is 4.68. The molecule has 1 saturated carbocycles. The first kappa shape index (κ1) is 17.0. The maximum Gasteiger partial charge on any atom is 0.0555 e. The van der Waals surface area contributed by atoms with Gasteiger partial charge in [-0.05, 0) is 56.0 Å². The van der Waals surface area contributed by atoms with Gasteiger partial charge < -0.3 is 10.0 Å². The number of nitrogens with zero attached hydrogens (tertiary/aromatic N) is 1. The third-order valence-electron chi connectivity index (χ3n) is 4.68. The molecular weight excluding hydrogens is 234 g/mol. The van der Waals surface area contributed by atoms with E-state index < -0.39 is 0 Å². The van der Waals surface area contributed by atoms with E-state index in [1.807, 2.05) is 0 Å². The van der Waals surface area contributed by atoms with Gasteiger partial charge in [-0.1, -0.05) is 41.5 Å². The van der Waals surface area contributed by atoms with Gasteiger partial charge in [0.15, 0.2) is 0 Å². The molecule has 1 fully saturated rings. The topological polar surface area (TPSA) is 23.5 Å². The molecule has 1 aliphatic rings. The average molecular weight is 269 g/mol. The molecule has 0 spiro atoms. The average Bonchev–Trinajstić information content (AvgIpc) is 2.23. The van der Waals surface area contributed by atoms with Crippen LogP contribution in [0.1, 0.15) is 67.2 Å². The van der Waals surface area contributed by atoms with Crippen LogP contribution in [0, 0.1) is 16.7 Å². The molecule has 1 rings (SSSR count). The van der Waals surface area contributed by atoms with E-state index in [0.29, 0.717) is 22.8 Å². The molecule has 19 heavy (non-hydrogen) atoms. The molecule has 1 aliphatic carbocycles. The lowest BCUT2D eigenvalue weighted by Gasteiger charge is -2.46. The molecule has 1 N–H and O–H groups in total. The van der Waals surface area contributed by atoms with Crippen molar-refractivity contribution in [2.75, 3.05) is 13.6 Å². The molecular formula is C17H35NO. The molecule has 0 heterocycles. The van der Waals surface area contributed by atoms with Gasteiger partial charge in [0.05, 0.1) is 6.10 Å². The zero-order valence-corrected chi connectivity index (χ0v) is 14.2. The van der Waals surface area contributed by atoms with Crippen molar-refractivity contribution >= 4 is 0 Å². The summed E-state index contributed by atoms with van der Waals surface area (Å²) < 4.78 is 0. The fraction of sp³-hybridized carbons (Fsp3) is 1.00. The number of aliphatic hydroxyl groups is 1. The van der Waals surface area contributed by atoms with E-state index >= 15 is 0 Å². The summed E-state index contributed by atoms with van der Waals surface area (Å²) in [7, 11) is 2.24.